The molecule has 5 heteroatoms. The maximum Gasteiger partial charge on any atom is 0.256 e. The second-order valence-electron chi connectivity index (χ2n) is 6.25. The molecule has 0 bridgehead atoms. The number of ether oxygens (including phenoxy) is 2. The summed E-state index contributed by atoms with van der Waals surface area (Å²) in [5, 5.41) is 3.87. The number of carbonyl (C=O) groups excluding carboxylic acids is 1. The number of anilines is 1. The standard InChI is InChI=1S/C20H28N2O3/c1-5-13-24-17-11-10-16(15-9-8-12-21-18(15)17)22-19(23)20(4,7-3)25-14-6-2/h8-12H,5-7,13-14H2,1-4H3,(H,22,23)/t20-/m0/s1. The van der Waals surface area contributed by atoms with E-state index in [2.05, 4.69) is 17.2 Å². The Hall–Kier alpha value is -2.14. The number of aromatic nitrogens is 1. The van der Waals surface area contributed by atoms with Crippen molar-refractivity contribution in [2.75, 3.05) is 18.5 Å². The number of nitrogens with zero attached hydrogens (tertiary/aromatic N) is 1. The summed E-state index contributed by atoms with van der Waals surface area (Å²) in [5.74, 6) is 0.590. The first-order valence-electron chi connectivity index (χ1n) is 9.01. The largest absolute Gasteiger partial charge is 0.491 e. The van der Waals surface area contributed by atoms with Gasteiger partial charge in [0.05, 0.1) is 12.3 Å². The number of carbonyl (C=O) groups is 1. The van der Waals surface area contributed by atoms with E-state index in [1.54, 1.807) is 6.20 Å². The smallest absolute Gasteiger partial charge is 0.256 e. The average molecular weight is 344 g/mol. The van der Waals surface area contributed by atoms with Crippen LogP contribution in [0.1, 0.15) is 47.0 Å². The number of rotatable bonds is 9. The van der Waals surface area contributed by atoms with E-state index in [9.17, 15) is 4.79 Å². The van der Waals surface area contributed by atoms with E-state index in [4.69, 9.17) is 9.47 Å². The third-order valence-electron chi connectivity index (χ3n) is 4.22. The van der Waals surface area contributed by atoms with Crippen molar-refractivity contribution in [1.82, 2.24) is 4.98 Å². The minimum atomic E-state index is -0.845. The maximum atomic E-state index is 12.8. The number of hydrogen-bond donors (Lipinski definition) is 1. The molecule has 1 aromatic heterocycles. The Morgan fingerprint density at radius 2 is 1.92 bits per heavy atom. The Morgan fingerprint density at radius 1 is 1.16 bits per heavy atom. The van der Waals surface area contributed by atoms with Gasteiger partial charge in [-0.05, 0) is 50.5 Å². The van der Waals surface area contributed by atoms with Gasteiger partial charge in [0.15, 0.2) is 0 Å². The van der Waals surface area contributed by atoms with E-state index in [1.807, 2.05) is 45.0 Å². The third-order valence-corrected chi connectivity index (χ3v) is 4.22. The summed E-state index contributed by atoms with van der Waals surface area (Å²) in [6.45, 7) is 9.07. The molecule has 136 valence electrons. The summed E-state index contributed by atoms with van der Waals surface area (Å²) in [7, 11) is 0. The van der Waals surface area contributed by atoms with Gasteiger partial charge in [0.1, 0.15) is 16.9 Å². The lowest BCUT2D eigenvalue weighted by Crippen LogP contribution is -2.42. The highest BCUT2D eigenvalue weighted by atomic mass is 16.5. The lowest BCUT2D eigenvalue weighted by molar-refractivity contribution is -0.139. The van der Waals surface area contributed by atoms with Crippen molar-refractivity contribution in [2.24, 2.45) is 0 Å². The van der Waals surface area contributed by atoms with Crippen LogP contribution in [0.2, 0.25) is 0 Å². The molecule has 1 amide bonds. The number of amides is 1. The van der Waals surface area contributed by atoms with E-state index in [1.165, 1.54) is 0 Å². The molecule has 2 aromatic rings. The van der Waals surface area contributed by atoms with Crippen molar-refractivity contribution in [3.63, 3.8) is 0 Å². The van der Waals surface area contributed by atoms with Crippen molar-refractivity contribution in [3.05, 3.63) is 30.5 Å². The third kappa shape index (κ3) is 4.48. The molecule has 0 aliphatic carbocycles. The predicted molar refractivity (Wildman–Crippen MR) is 101 cm³/mol. The van der Waals surface area contributed by atoms with Crippen LogP contribution >= 0.6 is 0 Å². The summed E-state index contributed by atoms with van der Waals surface area (Å²) in [4.78, 5) is 17.2. The fourth-order valence-corrected chi connectivity index (χ4v) is 2.49. The average Bonchev–Trinajstić information content (AvgIpc) is 2.65. The van der Waals surface area contributed by atoms with Crippen LogP contribution in [0.15, 0.2) is 30.5 Å². The van der Waals surface area contributed by atoms with Crippen molar-refractivity contribution in [2.45, 2.75) is 52.6 Å². The molecule has 1 N–H and O–H groups in total. The van der Waals surface area contributed by atoms with Crippen LogP contribution in [0.3, 0.4) is 0 Å². The summed E-state index contributed by atoms with van der Waals surface area (Å²) < 4.78 is 11.6. The summed E-state index contributed by atoms with van der Waals surface area (Å²) in [6, 6.07) is 7.51. The molecule has 0 radical (unpaired) electrons. The highest BCUT2D eigenvalue weighted by molar-refractivity contribution is 6.05. The second-order valence-corrected chi connectivity index (χ2v) is 6.25. The van der Waals surface area contributed by atoms with Crippen molar-refractivity contribution in [1.29, 1.82) is 0 Å². The van der Waals surface area contributed by atoms with Gasteiger partial charge in [-0.15, -0.1) is 0 Å². The lowest BCUT2D eigenvalue weighted by Gasteiger charge is -2.27. The molecule has 0 aliphatic rings. The van der Waals surface area contributed by atoms with Crippen LogP contribution in [-0.2, 0) is 9.53 Å². The number of benzene rings is 1. The van der Waals surface area contributed by atoms with Gasteiger partial charge < -0.3 is 14.8 Å². The fourth-order valence-electron chi connectivity index (χ4n) is 2.49. The van der Waals surface area contributed by atoms with Gasteiger partial charge in [0.2, 0.25) is 0 Å². The molecule has 5 nitrogen and oxygen atoms in total. The van der Waals surface area contributed by atoms with Crippen LogP contribution in [0.4, 0.5) is 5.69 Å². The van der Waals surface area contributed by atoms with Crippen LogP contribution in [0.5, 0.6) is 5.75 Å². The van der Waals surface area contributed by atoms with Crippen molar-refractivity contribution < 1.29 is 14.3 Å². The van der Waals surface area contributed by atoms with Crippen LogP contribution in [-0.4, -0.2) is 29.7 Å². The normalized spacial score (nSPS) is 13.4. The van der Waals surface area contributed by atoms with Gasteiger partial charge >= 0.3 is 0 Å². The molecular weight excluding hydrogens is 316 g/mol. The Kier molecular flexibility index (Phi) is 6.76. The first-order chi connectivity index (χ1) is 12.1. The predicted octanol–water partition coefficient (Wildman–Crippen LogP) is 4.56. The molecule has 0 saturated carbocycles. The Labute approximate surface area is 149 Å². The highest BCUT2D eigenvalue weighted by Crippen LogP contribution is 2.31. The maximum absolute atomic E-state index is 12.8. The first-order valence-corrected chi connectivity index (χ1v) is 9.01. The molecule has 1 aromatic carbocycles. The van der Waals surface area contributed by atoms with E-state index in [-0.39, 0.29) is 5.91 Å². The van der Waals surface area contributed by atoms with Gasteiger partial charge in [0, 0.05) is 18.2 Å². The molecule has 1 heterocycles. The number of fused-ring (bicyclic) bond motifs is 1. The van der Waals surface area contributed by atoms with Gasteiger partial charge in [-0.1, -0.05) is 20.8 Å². The van der Waals surface area contributed by atoms with E-state index < -0.39 is 5.60 Å². The zero-order valence-corrected chi connectivity index (χ0v) is 15.6. The SMILES string of the molecule is CCCOc1ccc(NC(=O)[C@](C)(CC)OCCC)c2cccnc12. The van der Waals surface area contributed by atoms with Gasteiger partial charge in [-0.25, -0.2) is 0 Å². The molecule has 0 unspecified atom stereocenters. The van der Waals surface area contributed by atoms with Crippen LogP contribution in [0.25, 0.3) is 10.9 Å². The molecule has 25 heavy (non-hydrogen) atoms. The molecule has 1 atom stereocenters. The summed E-state index contributed by atoms with van der Waals surface area (Å²) in [5.41, 5.74) is 0.625. The van der Waals surface area contributed by atoms with Gasteiger partial charge in [-0.3, -0.25) is 9.78 Å². The molecular formula is C20H28N2O3. The van der Waals surface area contributed by atoms with Crippen LogP contribution < -0.4 is 10.1 Å². The molecule has 0 aliphatic heterocycles. The van der Waals surface area contributed by atoms with Gasteiger partial charge in [0.25, 0.3) is 5.91 Å². The summed E-state index contributed by atoms with van der Waals surface area (Å²) >= 11 is 0. The van der Waals surface area contributed by atoms with E-state index in [0.29, 0.717) is 19.6 Å². The van der Waals surface area contributed by atoms with E-state index in [0.717, 1.165) is 35.2 Å². The Morgan fingerprint density at radius 3 is 2.60 bits per heavy atom. The monoisotopic (exact) mass is 344 g/mol. The molecule has 0 fully saturated rings. The Bertz CT molecular complexity index is 717. The molecule has 0 spiro atoms. The fraction of sp³-hybridized carbons (Fsp3) is 0.500. The minimum Gasteiger partial charge on any atom is -0.491 e. The topological polar surface area (TPSA) is 60.5 Å². The first kappa shape index (κ1) is 19.2. The zero-order chi connectivity index (χ0) is 18.3. The number of pyridine rings is 1. The summed E-state index contributed by atoms with van der Waals surface area (Å²) in [6.07, 6.45) is 4.13. The molecule has 0 saturated heterocycles. The number of hydrogen-bond acceptors (Lipinski definition) is 4. The van der Waals surface area contributed by atoms with Crippen molar-refractivity contribution >= 4 is 22.5 Å². The lowest BCUT2D eigenvalue weighted by atomic mass is 10.0. The minimum absolute atomic E-state index is 0.143. The van der Waals surface area contributed by atoms with Crippen molar-refractivity contribution in [3.8, 4) is 5.75 Å². The zero-order valence-electron chi connectivity index (χ0n) is 15.6. The van der Waals surface area contributed by atoms with E-state index >= 15 is 0 Å². The number of nitrogens with one attached hydrogen (secondary N) is 1. The quantitative estimate of drug-likeness (QED) is 0.724. The molecule has 2 rings (SSSR count). The Balaban J connectivity index is 2.30. The second kappa shape index (κ2) is 8.81. The highest BCUT2D eigenvalue weighted by Gasteiger charge is 2.32. The van der Waals surface area contributed by atoms with Crippen LogP contribution in [0, 0.1) is 0 Å². The van der Waals surface area contributed by atoms with Gasteiger partial charge in [-0.2, -0.15) is 0 Å².